The Morgan fingerprint density at radius 1 is 1.25 bits per heavy atom. The third kappa shape index (κ3) is 3.91. The maximum atomic E-state index is 12.9. The van der Waals surface area contributed by atoms with Gasteiger partial charge in [-0.1, -0.05) is 11.6 Å². The van der Waals surface area contributed by atoms with Gasteiger partial charge in [-0.25, -0.2) is 4.98 Å². The molecule has 1 aromatic carbocycles. The van der Waals surface area contributed by atoms with Crippen molar-refractivity contribution in [3.8, 4) is 5.75 Å². The van der Waals surface area contributed by atoms with Gasteiger partial charge in [0.15, 0.2) is 6.10 Å². The van der Waals surface area contributed by atoms with Crippen molar-refractivity contribution < 1.29 is 37.3 Å². The molecule has 3 aliphatic carbocycles. The molecule has 0 spiro atoms. The highest BCUT2D eigenvalue weighted by Crippen LogP contribution is 2.65. The molecule has 1 aromatic heterocycles. The molecule has 2 N–H and O–H groups in total. The van der Waals surface area contributed by atoms with E-state index < -0.39 is 30.6 Å². The summed E-state index contributed by atoms with van der Waals surface area (Å²) in [5, 5.41) is 14.0. The van der Waals surface area contributed by atoms with Gasteiger partial charge in [-0.05, 0) is 37.5 Å². The number of carbonyl (C=O) groups is 2. The van der Waals surface area contributed by atoms with E-state index in [1.165, 1.54) is 4.90 Å². The number of hydrogen-bond acceptors (Lipinski definition) is 6. The first kappa shape index (κ1) is 23.6. The molecule has 2 amide bonds. The summed E-state index contributed by atoms with van der Waals surface area (Å²) in [5.74, 6) is -0.306. The van der Waals surface area contributed by atoms with Crippen molar-refractivity contribution >= 4 is 23.4 Å². The molecule has 0 unspecified atom stereocenters. The molecule has 3 saturated carbocycles. The number of alkyl halides is 3. The second-order valence-electron chi connectivity index (χ2n) is 10.1. The zero-order valence-corrected chi connectivity index (χ0v) is 19.6. The number of carbonyl (C=O) groups excluding carboxylic acids is 2. The SMILES string of the molecule is O=C(NC12CC(n3cnc(C(=O)N4CC(OC(F)(F)F)C4)c3)(C1)C2)[C@H]1C[C@@H](O)c2cc(Cl)ccc2O1. The Balaban J connectivity index is 1.02. The van der Waals surface area contributed by atoms with E-state index in [-0.39, 0.29) is 42.2 Å². The van der Waals surface area contributed by atoms with Crippen LogP contribution in [0.25, 0.3) is 0 Å². The first-order chi connectivity index (χ1) is 16.9. The average Bonchev–Trinajstić information content (AvgIpc) is 3.21. The summed E-state index contributed by atoms with van der Waals surface area (Å²) in [7, 11) is 0. The number of benzene rings is 1. The van der Waals surface area contributed by atoms with Crippen LogP contribution in [0.1, 0.15) is 47.8 Å². The number of aromatic nitrogens is 2. The second kappa shape index (κ2) is 7.83. The maximum absolute atomic E-state index is 12.9. The van der Waals surface area contributed by atoms with E-state index in [9.17, 15) is 27.9 Å². The van der Waals surface area contributed by atoms with E-state index in [0.29, 0.717) is 35.6 Å². The standard InChI is InChI=1S/C23H22ClF3N4O5/c24-12-1-2-17-14(3-12)16(32)4-18(35-17)19(33)29-21-8-22(9-21,10-21)31-7-15(28-11-31)20(34)30-5-13(6-30)36-23(25,26)27/h1-3,7,11,13,16,18,32H,4-6,8-10H2,(H,29,33)/t16-,18-,21?,22?/m1/s1. The first-order valence-corrected chi connectivity index (χ1v) is 11.9. The number of halogens is 4. The highest BCUT2D eigenvalue weighted by atomic mass is 35.5. The van der Waals surface area contributed by atoms with Crippen LogP contribution in [-0.4, -0.2) is 68.6 Å². The van der Waals surface area contributed by atoms with Crippen molar-refractivity contribution in [2.75, 3.05) is 13.1 Å². The van der Waals surface area contributed by atoms with Gasteiger partial charge < -0.3 is 24.6 Å². The Morgan fingerprint density at radius 2 is 1.97 bits per heavy atom. The molecule has 1 saturated heterocycles. The van der Waals surface area contributed by atoms with Crippen molar-refractivity contribution in [3.63, 3.8) is 0 Å². The van der Waals surface area contributed by atoms with Gasteiger partial charge in [-0.15, -0.1) is 13.2 Å². The maximum Gasteiger partial charge on any atom is 0.522 e. The topological polar surface area (TPSA) is 106 Å². The molecule has 2 aromatic rings. The zero-order valence-electron chi connectivity index (χ0n) is 18.8. The molecule has 0 radical (unpaired) electrons. The number of imidazole rings is 1. The van der Waals surface area contributed by atoms with Crippen LogP contribution in [-0.2, 0) is 15.1 Å². The smallest absolute Gasteiger partial charge is 0.480 e. The van der Waals surface area contributed by atoms with Gasteiger partial charge in [-0.2, -0.15) is 0 Å². The molecule has 5 aliphatic rings. The zero-order chi connectivity index (χ0) is 25.5. The van der Waals surface area contributed by atoms with Crippen LogP contribution in [0.15, 0.2) is 30.7 Å². The normalized spacial score (nSPS) is 30.9. The molecule has 2 bridgehead atoms. The Labute approximate surface area is 208 Å². The molecule has 3 heterocycles. The number of nitrogens with zero attached hydrogens (tertiary/aromatic N) is 3. The van der Waals surface area contributed by atoms with Gasteiger partial charge in [-0.3, -0.25) is 14.3 Å². The number of amides is 2. The minimum Gasteiger partial charge on any atom is -0.480 e. The van der Waals surface area contributed by atoms with Gasteiger partial charge in [0.25, 0.3) is 11.8 Å². The Bertz CT molecular complexity index is 1220. The minimum absolute atomic E-state index is 0.124. The quantitative estimate of drug-likeness (QED) is 0.620. The predicted octanol–water partition coefficient (Wildman–Crippen LogP) is 2.53. The number of hydrogen-bond donors (Lipinski definition) is 2. The molecule has 7 rings (SSSR count). The van der Waals surface area contributed by atoms with E-state index >= 15 is 0 Å². The lowest BCUT2D eigenvalue weighted by atomic mass is 9.44. The van der Waals surface area contributed by atoms with E-state index in [4.69, 9.17) is 16.3 Å². The van der Waals surface area contributed by atoms with Gasteiger partial charge >= 0.3 is 6.36 Å². The van der Waals surface area contributed by atoms with Crippen LogP contribution in [0.4, 0.5) is 13.2 Å². The number of ether oxygens (including phenoxy) is 2. The lowest BCUT2D eigenvalue weighted by molar-refractivity contribution is -0.352. The fraction of sp³-hybridized carbons (Fsp3) is 0.522. The highest BCUT2D eigenvalue weighted by molar-refractivity contribution is 6.30. The van der Waals surface area contributed by atoms with E-state index in [0.717, 1.165) is 0 Å². The van der Waals surface area contributed by atoms with Gasteiger partial charge in [0, 0.05) is 41.8 Å². The predicted molar refractivity (Wildman–Crippen MR) is 117 cm³/mol. The Kier molecular flexibility index (Phi) is 5.13. The molecule has 2 aliphatic heterocycles. The van der Waals surface area contributed by atoms with Gasteiger partial charge in [0.2, 0.25) is 0 Å². The number of likely N-dealkylation sites (tertiary alicyclic amines) is 1. The summed E-state index contributed by atoms with van der Waals surface area (Å²) in [5.41, 5.74) is 0.0841. The van der Waals surface area contributed by atoms with E-state index in [2.05, 4.69) is 15.0 Å². The Morgan fingerprint density at radius 3 is 2.67 bits per heavy atom. The minimum atomic E-state index is -4.72. The second-order valence-corrected chi connectivity index (χ2v) is 10.6. The van der Waals surface area contributed by atoms with Crippen LogP contribution in [0.5, 0.6) is 5.75 Å². The number of nitrogens with one attached hydrogen (secondary N) is 1. The van der Waals surface area contributed by atoms with Crippen molar-refractivity contribution in [1.29, 1.82) is 0 Å². The summed E-state index contributed by atoms with van der Waals surface area (Å²) in [6.45, 7) is -0.276. The van der Waals surface area contributed by atoms with Crippen LogP contribution in [0.3, 0.4) is 0 Å². The molecular formula is C23H22ClF3N4O5. The fourth-order valence-corrected chi connectivity index (χ4v) is 5.96. The molecule has 9 nitrogen and oxygen atoms in total. The summed E-state index contributed by atoms with van der Waals surface area (Å²) < 4.78 is 48.4. The fourth-order valence-electron chi connectivity index (χ4n) is 5.78. The van der Waals surface area contributed by atoms with Gasteiger partial charge in [0.1, 0.15) is 17.5 Å². The van der Waals surface area contributed by atoms with Crippen LogP contribution >= 0.6 is 11.6 Å². The lowest BCUT2D eigenvalue weighted by Gasteiger charge is -2.70. The third-order valence-corrected chi connectivity index (χ3v) is 7.74. The highest BCUT2D eigenvalue weighted by Gasteiger charge is 2.70. The monoisotopic (exact) mass is 526 g/mol. The van der Waals surface area contributed by atoms with E-state index in [1.807, 2.05) is 4.57 Å². The number of aliphatic hydroxyl groups is 1. The van der Waals surface area contributed by atoms with Crippen LogP contribution in [0, 0.1) is 0 Å². The van der Waals surface area contributed by atoms with Crippen molar-refractivity contribution in [3.05, 3.63) is 47.0 Å². The molecule has 2 atom stereocenters. The van der Waals surface area contributed by atoms with Crippen molar-refractivity contribution in [2.24, 2.45) is 0 Å². The van der Waals surface area contributed by atoms with Crippen LogP contribution in [0.2, 0.25) is 5.02 Å². The Hall–Kier alpha value is -2.83. The summed E-state index contributed by atoms with van der Waals surface area (Å²) >= 11 is 5.98. The average molecular weight is 527 g/mol. The summed E-state index contributed by atoms with van der Waals surface area (Å²) in [4.78, 5) is 30.8. The number of fused-ring (bicyclic) bond motifs is 1. The van der Waals surface area contributed by atoms with Crippen LogP contribution < -0.4 is 10.1 Å². The number of rotatable bonds is 5. The largest absolute Gasteiger partial charge is 0.522 e. The van der Waals surface area contributed by atoms with Crippen molar-refractivity contribution in [1.82, 2.24) is 19.8 Å². The van der Waals surface area contributed by atoms with Crippen molar-refractivity contribution in [2.45, 2.75) is 61.4 Å². The van der Waals surface area contributed by atoms with E-state index in [1.54, 1.807) is 30.7 Å². The number of aliphatic hydroxyl groups excluding tert-OH is 1. The lowest BCUT2D eigenvalue weighted by Crippen LogP contribution is -2.79. The molecule has 4 fully saturated rings. The first-order valence-electron chi connectivity index (χ1n) is 11.5. The molecule has 192 valence electrons. The molecule has 13 heteroatoms. The summed E-state index contributed by atoms with van der Waals surface area (Å²) in [6.07, 6.45) is -2.22. The molecular weight excluding hydrogens is 505 g/mol. The summed E-state index contributed by atoms with van der Waals surface area (Å²) in [6, 6.07) is 4.90. The third-order valence-electron chi connectivity index (χ3n) is 7.51. The molecule has 36 heavy (non-hydrogen) atoms. The van der Waals surface area contributed by atoms with Gasteiger partial charge in [0.05, 0.1) is 18.0 Å².